The Morgan fingerprint density at radius 2 is 1.06 bits per heavy atom. The summed E-state index contributed by atoms with van der Waals surface area (Å²) in [6, 6.07) is 15.5. The molecule has 19 heteroatoms. The Balaban J connectivity index is 0.000000147. The Morgan fingerprint density at radius 1 is 0.600 bits per heavy atom. The van der Waals surface area contributed by atoms with Crippen LogP contribution in [0.5, 0.6) is 0 Å². The van der Waals surface area contributed by atoms with Gasteiger partial charge in [-0.25, -0.2) is 9.97 Å². The van der Waals surface area contributed by atoms with Crippen molar-refractivity contribution in [3.8, 4) is 29.0 Å². The Labute approximate surface area is 486 Å². The zero-order chi connectivity index (χ0) is 56.0. The van der Waals surface area contributed by atoms with Gasteiger partial charge in [0, 0.05) is 102 Å². The molecule has 0 saturated carbocycles. The van der Waals surface area contributed by atoms with Crippen molar-refractivity contribution in [2.75, 3.05) is 69.1 Å². The van der Waals surface area contributed by atoms with E-state index < -0.39 is 0 Å². The number of hydrogen-bond acceptors (Lipinski definition) is 18. The zero-order valence-corrected chi connectivity index (χ0v) is 50.7. The van der Waals surface area contributed by atoms with Crippen molar-refractivity contribution < 1.29 is 23.3 Å². The molecule has 2 aromatic carbocycles. The van der Waals surface area contributed by atoms with Crippen LogP contribution in [-0.4, -0.2) is 144 Å². The third-order valence-electron chi connectivity index (χ3n) is 17.3. The molecule has 0 amide bonds. The number of fused-ring (bicyclic) bond motifs is 2. The van der Waals surface area contributed by atoms with Crippen molar-refractivity contribution in [2.45, 2.75) is 187 Å². The first-order valence-electron chi connectivity index (χ1n) is 29.7. The van der Waals surface area contributed by atoms with Crippen molar-refractivity contribution in [3.63, 3.8) is 0 Å². The van der Waals surface area contributed by atoms with Crippen LogP contribution in [0.15, 0.2) is 33.3 Å². The molecule has 18 nitrogen and oxygen atoms in total. The maximum atomic E-state index is 9.90. The highest BCUT2D eigenvalue weighted by Gasteiger charge is 2.35. The monoisotopic (exact) mass is 1210 g/mol. The highest BCUT2D eigenvalue weighted by atomic mass is 127. The van der Waals surface area contributed by atoms with Gasteiger partial charge in [0.1, 0.15) is 17.7 Å². The molecule has 6 saturated heterocycles. The standard InChI is InChI=1S/C26H32N6O2.C25H32IN5O2.C10H20N2O/c1-5-18-11-19(13-27)24-22(12-18)16(3)23(26-28-17(4)31-34-26)25(30-24)32-8-6-20(10-15(32)2)29-21-7-9-33-14-21;1-5-17-11-20-15(3)22(25-27-16(4)30-33-25)24(29-23(20)21(26)12-17)31-8-6-18(10-14(31)2)28-19-7-9-32-13-19;1-8-6-9(2-4-11-8)12-10-3-5-13-7-10/h11-12,15,20-21,29H,5-10,14H2,1-4H3;11-12,14,18-19,28H,5-10,13H2,1-4H3;8-12H,2-7H2,1H3/t15-,20-,21+;14-,18-,19+;8-,9-,10+/m111/s1. The van der Waals surface area contributed by atoms with E-state index in [9.17, 15) is 5.26 Å². The molecule has 0 spiro atoms. The van der Waals surface area contributed by atoms with Gasteiger partial charge in [0.25, 0.3) is 11.8 Å². The van der Waals surface area contributed by atoms with Crippen LogP contribution in [0.4, 0.5) is 11.6 Å². The molecule has 6 aliphatic rings. The van der Waals surface area contributed by atoms with Crippen molar-refractivity contribution in [2.24, 2.45) is 0 Å². The van der Waals surface area contributed by atoms with Gasteiger partial charge in [-0.3, -0.25) is 0 Å². The summed E-state index contributed by atoms with van der Waals surface area (Å²) < 4.78 is 29.0. The summed E-state index contributed by atoms with van der Waals surface area (Å²) >= 11 is 2.42. The number of hydrogen-bond donors (Lipinski definition) is 4. The van der Waals surface area contributed by atoms with Crippen LogP contribution in [0.25, 0.3) is 44.7 Å². The fourth-order valence-corrected chi connectivity index (χ4v) is 13.7. The van der Waals surface area contributed by atoms with Crippen molar-refractivity contribution >= 4 is 56.0 Å². The minimum Gasteiger partial charge on any atom is -0.380 e. The first-order chi connectivity index (χ1) is 38.8. The first-order valence-corrected chi connectivity index (χ1v) is 30.7. The SMILES string of the molecule is CCc1cc(C#N)c2nc(N3CC[C@@H](N[C@H]4CCOC4)C[C@H]3C)c(-c3nc(C)no3)c(C)c2c1.CCc1cc(I)c2nc(N3CC[C@@H](N[C@H]4CCOC4)C[C@H]3C)c(-c3nc(C)no3)c(C)c2c1.C[C@@H]1C[C@H](N[C@H]2CCOC2)CCN1. The minimum absolute atomic E-state index is 0.265. The largest absolute Gasteiger partial charge is 0.380 e. The van der Waals surface area contributed by atoms with E-state index in [0.717, 1.165) is 167 Å². The summed E-state index contributed by atoms with van der Waals surface area (Å²) in [5.74, 6) is 4.06. The van der Waals surface area contributed by atoms with Gasteiger partial charge < -0.3 is 54.3 Å². The number of nitrogens with one attached hydrogen (secondary N) is 4. The number of rotatable bonds is 12. The summed E-state index contributed by atoms with van der Waals surface area (Å²) in [4.78, 5) is 24.3. The predicted molar refractivity (Wildman–Crippen MR) is 322 cm³/mol. The van der Waals surface area contributed by atoms with Gasteiger partial charge in [0.05, 0.1) is 47.5 Å². The zero-order valence-electron chi connectivity index (χ0n) is 48.6. The van der Waals surface area contributed by atoms with E-state index in [4.69, 9.17) is 33.2 Å². The van der Waals surface area contributed by atoms with Crippen LogP contribution in [0.1, 0.15) is 132 Å². The number of anilines is 2. The molecular formula is C61H84IN13O5. The second-order valence-corrected chi connectivity index (χ2v) is 24.4. The number of aromatic nitrogens is 6. The Morgan fingerprint density at radius 3 is 1.48 bits per heavy atom. The van der Waals surface area contributed by atoms with Gasteiger partial charge in [-0.2, -0.15) is 15.2 Å². The summed E-state index contributed by atoms with van der Waals surface area (Å²) in [5.41, 5.74) is 8.84. The number of ether oxygens (including phenoxy) is 3. The molecule has 0 unspecified atom stereocenters. The lowest BCUT2D eigenvalue weighted by Crippen LogP contribution is -2.50. The van der Waals surface area contributed by atoms with E-state index in [-0.39, 0.29) is 6.04 Å². The molecule has 430 valence electrons. The topological polar surface area (TPSA) is 210 Å². The van der Waals surface area contributed by atoms with E-state index in [1.807, 2.05) is 19.9 Å². The second-order valence-electron chi connectivity index (χ2n) is 23.3. The number of piperidine rings is 3. The van der Waals surface area contributed by atoms with Crippen LogP contribution < -0.4 is 31.1 Å². The van der Waals surface area contributed by atoms with Crippen LogP contribution in [-0.2, 0) is 27.1 Å². The summed E-state index contributed by atoms with van der Waals surface area (Å²) in [5, 5.41) is 34.9. The lowest BCUT2D eigenvalue weighted by Gasteiger charge is -2.40. The Bertz CT molecular complexity index is 3110. The molecule has 6 fully saturated rings. The molecule has 4 aromatic heterocycles. The van der Waals surface area contributed by atoms with Gasteiger partial charge in [-0.1, -0.05) is 24.2 Å². The molecule has 0 radical (unpaired) electrons. The van der Waals surface area contributed by atoms with Crippen LogP contribution in [0.2, 0.25) is 0 Å². The van der Waals surface area contributed by atoms with Crippen molar-refractivity contribution in [1.29, 1.82) is 5.26 Å². The molecule has 0 aliphatic carbocycles. The van der Waals surface area contributed by atoms with Crippen molar-refractivity contribution in [3.05, 3.63) is 67.3 Å². The van der Waals surface area contributed by atoms with Gasteiger partial charge in [0.2, 0.25) is 0 Å². The maximum absolute atomic E-state index is 9.90. The fraction of sp³-hybridized carbons (Fsp3) is 0.623. The van der Waals surface area contributed by atoms with E-state index >= 15 is 0 Å². The first kappa shape index (κ1) is 58.3. The molecule has 4 N–H and O–H groups in total. The highest BCUT2D eigenvalue weighted by Crippen LogP contribution is 2.42. The van der Waals surface area contributed by atoms with E-state index in [1.54, 1.807) is 0 Å². The molecule has 0 bridgehead atoms. The Kier molecular flexibility index (Phi) is 19.3. The lowest BCUT2D eigenvalue weighted by molar-refractivity contribution is 0.185. The van der Waals surface area contributed by atoms with Crippen LogP contribution >= 0.6 is 22.6 Å². The summed E-state index contributed by atoms with van der Waals surface area (Å²) in [6.45, 7) is 27.2. The van der Waals surface area contributed by atoms with Crippen LogP contribution in [0, 0.1) is 42.6 Å². The number of benzene rings is 2. The van der Waals surface area contributed by atoms with Gasteiger partial charge >= 0.3 is 0 Å². The van der Waals surface area contributed by atoms with Gasteiger partial charge in [0.15, 0.2) is 11.6 Å². The molecule has 12 rings (SSSR count). The quantitative estimate of drug-likeness (QED) is 0.0841. The number of nitrogens with zero attached hydrogens (tertiary/aromatic N) is 9. The smallest absolute Gasteiger partial charge is 0.261 e. The molecule has 6 aliphatic heterocycles. The second kappa shape index (κ2) is 26.5. The maximum Gasteiger partial charge on any atom is 0.261 e. The molecular weight excluding hydrogens is 1120 g/mol. The average molecular weight is 1210 g/mol. The molecule has 10 heterocycles. The van der Waals surface area contributed by atoms with Gasteiger partial charge in [-0.15, -0.1) is 0 Å². The highest BCUT2D eigenvalue weighted by molar-refractivity contribution is 14.1. The number of halogens is 1. The normalized spacial score (nSPS) is 26.1. The molecule has 9 atom stereocenters. The lowest BCUT2D eigenvalue weighted by atomic mass is 9.94. The van der Waals surface area contributed by atoms with E-state index in [2.05, 4.69) is 147 Å². The number of nitriles is 1. The minimum atomic E-state index is 0.265. The molecule has 80 heavy (non-hydrogen) atoms. The van der Waals surface area contributed by atoms with E-state index in [1.165, 1.54) is 33.8 Å². The molecule has 6 aromatic rings. The average Bonchev–Trinajstić information content (AvgIpc) is 4.40. The van der Waals surface area contributed by atoms with Crippen molar-refractivity contribution in [1.82, 2.24) is 51.5 Å². The Hall–Kier alpha value is -4.92. The predicted octanol–water partition coefficient (Wildman–Crippen LogP) is 9.38. The van der Waals surface area contributed by atoms with E-state index in [0.29, 0.717) is 77.3 Å². The fourth-order valence-electron chi connectivity index (χ4n) is 12.9. The summed E-state index contributed by atoms with van der Waals surface area (Å²) in [7, 11) is 0. The number of pyridine rings is 2. The summed E-state index contributed by atoms with van der Waals surface area (Å²) in [6.07, 6.45) is 11.9. The van der Waals surface area contributed by atoms with Gasteiger partial charge in [-0.05, 0) is 195 Å². The third-order valence-corrected chi connectivity index (χ3v) is 18.1. The number of aryl methyl sites for hydroxylation is 6. The van der Waals surface area contributed by atoms with Crippen LogP contribution in [0.3, 0.4) is 0 Å². The third kappa shape index (κ3) is 13.4.